The number of nitrogens with zero attached hydrogens (tertiary/aromatic N) is 1. The minimum atomic E-state index is -0.513. The van der Waals surface area contributed by atoms with Crippen molar-refractivity contribution in [2.24, 2.45) is 5.73 Å². The Bertz CT molecular complexity index is 1270. The van der Waals surface area contributed by atoms with Gasteiger partial charge in [0, 0.05) is 35.6 Å². The van der Waals surface area contributed by atoms with Crippen molar-refractivity contribution in [3.8, 4) is 5.75 Å². The van der Waals surface area contributed by atoms with Crippen LogP contribution in [0.4, 0.5) is 5.69 Å². The maximum atomic E-state index is 12.9. The van der Waals surface area contributed by atoms with Crippen LogP contribution in [0.25, 0.3) is 10.8 Å². The summed E-state index contributed by atoms with van der Waals surface area (Å²) in [6, 6.07) is 22.0. The van der Waals surface area contributed by atoms with E-state index < -0.39 is 5.92 Å². The summed E-state index contributed by atoms with van der Waals surface area (Å²) in [5.74, 6) is -0.238. The van der Waals surface area contributed by atoms with Crippen molar-refractivity contribution in [3.63, 3.8) is 0 Å². The molecule has 166 valence electrons. The Morgan fingerprint density at radius 2 is 1.73 bits per heavy atom. The third kappa shape index (κ3) is 5.42. The third-order valence-corrected chi connectivity index (χ3v) is 5.49. The summed E-state index contributed by atoms with van der Waals surface area (Å²) in [6.45, 7) is 2.08. The van der Waals surface area contributed by atoms with Gasteiger partial charge >= 0.3 is 0 Å². The first-order chi connectivity index (χ1) is 16.0. The highest BCUT2D eigenvalue weighted by Gasteiger charge is 2.19. The average Bonchev–Trinajstić information content (AvgIpc) is 2.84. The molecule has 0 spiro atoms. The number of nitrogens with two attached hydrogens (primary N) is 1. The van der Waals surface area contributed by atoms with Gasteiger partial charge in [-0.15, -0.1) is 0 Å². The lowest BCUT2D eigenvalue weighted by Crippen LogP contribution is -2.27. The summed E-state index contributed by atoms with van der Waals surface area (Å²) >= 11 is 0. The lowest BCUT2D eigenvalue weighted by atomic mass is 9.98. The van der Waals surface area contributed by atoms with E-state index in [1.807, 2.05) is 43.3 Å². The molecule has 0 saturated heterocycles. The number of hydrogen-bond donors (Lipinski definition) is 2. The van der Waals surface area contributed by atoms with E-state index in [0.29, 0.717) is 17.0 Å². The zero-order chi connectivity index (χ0) is 23.2. The fourth-order valence-electron chi connectivity index (χ4n) is 3.55. The van der Waals surface area contributed by atoms with E-state index in [1.54, 1.807) is 48.8 Å². The highest BCUT2D eigenvalue weighted by atomic mass is 16.5. The van der Waals surface area contributed by atoms with E-state index >= 15 is 0 Å². The quantitative estimate of drug-likeness (QED) is 0.395. The van der Waals surface area contributed by atoms with Gasteiger partial charge in [-0.05, 0) is 48.2 Å². The Balaban J connectivity index is 1.38. The first-order valence-electron chi connectivity index (χ1n) is 10.7. The molecule has 0 bridgehead atoms. The number of ketones is 1. The monoisotopic (exact) mass is 439 g/mol. The molecule has 6 heteroatoms. The lowest BCUT2D eigenvalue weighted by molar-refractivity contribution is -0.117. The molecule has 1 heterocycles. The molecular weight excluding hydrogens is 414 g/mol. The second-order valence-corrected chi connectivity index (χ2v) is 7.86. The standard InChI is InChI=1S/C27H25N3O3/c1-18-2-4-20(5-3-18)26(31)17-33-24-10-7-19(8-11-24)25(15-28)27(32)30-23-9-6-22-16-29-13-12-21(22)14-23/h2-14,16,25H,15,17,28H2,1H3,(H,30,32). The predicted molar refractivity (Wildman–Crippen MR) is 130 cm³/mol. The number of benzene rings is 3. The van der Waals surface area contributed by atoms with Crippen LogP contribution in [0.5, 0.6) is 5.75 Å². The molecule has 1 unspecified atom stereocenters. The number of anilines is 1. The van der Waals surface area contributed by atoms with Crippen LogP contribution in [0.3, 0.4) is 0 Å². The van der Waals surface area contributed by atoms with Crippen molar-refractivity contribution in [2.45, 2.75) is 12.8 Å². The number of Topliss-reactive ketones (excluding diaryl/α,β-unsaturated/α-hetero) is 1. The number of aromatic nitrogens is 1. The number of hydrogen-bond acceptors (Lipinski definition) is 5. The van der Waals surface area contributed by atoms with Gasteiger partial charge < -0.3 is 15.8 Å². The largest absolute Gasteiger partial charge is 0.485 e. The first kappa shape index (κ1) is 22.2. The van der Waals surface area contributed by atoms with E-state index in [4.69, 9.17) is 10.5 Å². The predicted octanol–water partition coefficient (Wildman–Crippen LogP) is 4.49. The molecule has 33 heavy (non-hydrogen) atoms. The number of rotatable bonds is 8. The molecule has 4 rings (SSSR count). The minimum absolute atomic E-state index is 0.0549. The summed E-state index contributed by atoms with van der Waals surface area (Å²) in [5, 5.41) is 4.94. The molecule has 1 aromatic heterocycles. The Labute approximate surface area is 192 Å². The molecular formula is C27H25N3O3. The van der Waals surface area contributed by atoms with Crippen LogP contribution in [0, 0.1) is 6.92 Å². The van der Waals surface area contributed by atoms with Gasteiger partial charge in [-0.25, -0.2) is 0 Å². The molecule has 0 fully saturated rings. The van der Waals surface area contributed by atoms with Crippen molar-refractivity contribution < 1.29 is 14.3 Å². The summed E-state index contributed by atoms with van der Waals surface area (Å²) in [4.78, 5) is 29.3. The molecule has 1 atom stereocenters. The smallest absolute Gasteiger partial charge is 0.233 e. The normalized spacial score (nSPS) is 11.7. The average molecular weight is 440 g/mol. The highest BCUT2D eigenvalue weighted by molar-refractivity contribution is 5.98. The zero-order valence-corrected chi connectivity index (χ0v) is 18.3. The van der Waals surface area contributed by atoms with E-state index in [-0.39, 0.29) is 24.8 Å². The van der Waals surface area contributed by atoms with Crippen LogP contribution < -0.4 is 15.8 Å². The molecule has 4 aromatic rings. The van der Waals surface area contributed by atoms with Crippen molar-refractivity contribution in [1.29, 1.82) is 0 Å². The number of carbonyl (C=O) groups is 2. The van der Waals surface area contributed by atoms with Gasteiger partial charge in [0.25, 0.3) is 0 Å². The van der Waals surface area contributed by atoms with E-state index in [0.717, 1.165) is 21.9 Å². The summed E-state index contributed by atoms with van der Waals surface area (Å²) < 4.78 is 5.63. The van der Waals surface area contributed by atoms with Crippen molar-refractivity contribution in [2.75, 3.05) is 18.5 Å². The van der Waals surface area contributed by atoms with Gasteiger partial charge in [-0.3, -0.25) is 14.6 Å². The maximum absolute atomic E-state index is 12.9. The van der Waals surface area contributed by atoms with E-state index in [1.165, 1.54) is 0 Å². The van der Waals surface area contributed by atoms with Gasteiger partial charge in [0.05, 0.1) is 5.92 Å². The number of pyridine rings is 1. The van der Waals surface area contributed by atoms with Crippen LogP contribution in [0.15, 0.2) is 85.2 Å². The van der Waals surface area contributed by atoms with Crippen LogP contribution in [-0.4, -0.2) is 29.8 Å². The molecule has 0 aliphatic heterocycles. The van der Waals surface area contributed by atoms with E-state index in [9.17, 15) is 9.59 Å². The van der Waals surface area contributed by atoms with Gasteiger partial charge in [0.15, 0.2) is 12.4 Å². The molecule has 3 aromatic carbocycles. The van der Waals surface area contributed by atoms with Gasteiger partial charge in [0.1, 0.15) is 5.75 Å². The highest BCUT2D eigenvalue weighted by Crippen LogP contribution is 2.23. The van der Waals surface area contributed by atoms with Crippen LogP contribution in [0.1, 0.15) is 27.4 Å². The zero-order valence-electron chi connectivity index (χ0n) is 18.3. The number of nitrogens with one attached hydrogen (secondary N) is 1. The van der Waals surface area contributed by atoms with E-state index in [2.05, 4.69) is 10.3 Å². The van der Waals surface area contributed by atoms with Crippen molar-refractivity contribution in [3.05, 3.63) is 102 Å². The fraction of sp³-hybridized carbons (Fsp3) is 0.148. The molecule has 0 saturated carbocycles. The third-order valence-electron chi connectivity index (χ3n) is 5.49. The molecule has 1 amide bonds. The summed E-state index contributed by atoms with van der Waals surface area (Å²) in [6.07, 6.45) is 3.50. The van der Waals surface area contributed by atoms with Crippen molar-refractivity contribution in [1.82, 2.24) is 4.98 Å². The topological polar surface area (TPSA) is 94.3 Å². The molecule has 0 aliphatic rings. The number of carbonyl (C=O) groups excluding carboxylic acids is 2. The van der Waals surface area contributed by atoms with Gasteiger partial charge in [-0.2, -0.15) is 0 Å². The van der Waals surface area contributed by atoms with Crippen LogP contribution in [-0.2, 0) is 4.79 Å². The lowest BCUT2D eigenvalue weighted by Gasteiger charge is -2.16. The number of amides is 1. The SMILES string of the molecule is Cc1ccc(C(=O)COc2ccc(C(CN)C(=O)Nc3ccc4cnccc4c3)cc2)cc1. The maximum Gasteiger partial charge on any atom is 0.233 e. The molecule has 3 N–H and O–H groups in total. The number of fused-ring (bicyclic) bond motifs is 1. The Morgan fingerprint density at radius 3 is 2.45 bits per heavy atom. The Kier molecular flexibility index (Phi) is 6.76. The molecule has 0 aliphatic carbocycles. The minimum Gasteiger partial charge on any atom is -0.485 e. The van der Waals surface area contributed by atoms with Crippen molar-refractivity contribution >= 4 is 28.2 Å². The van der Waals surface area contributed by atoms with Gasteiger partial charge in [-0.1, -0.05) is 48.0 Å². The Morgan fingerprint density at radius 1 is 0.970 bits per heavy atom. The fourth-order valence-corrected chi connectivity index (χ4v) is 3.55. The number of ether oxygens (including phenoxy) is 1. The number of aryl methyl sites for hydroxylation is 1. The van der Waals surface area contributed by atoms with Crippen LogP contribution >= 0.6 is 0 Å². The summed E-state index contributed by atoms with van der Waals surface area (Å²) in [7, 11) is 0. The summed E-state index contributed by atoms with van der Waals surface area (Å²) in [5.41, 5.74) is 9.10. The second-order valence-electron chi connectivity index (χ2n) is 7.86. The van der Waals surface area contributed by atoms with Crippen LogP contribution in [0.2, 0.25) is 0 Å². The Hall–Kier alpha value is -4.03. The van der Waals surface area contributed by atoms with Gasteiger partial charge in [0.2, 0.25) is 5.91 Å². The first-order valence-corrected chi connectivity index (χ1v) is 10.7. The second kappa shape index (κ2) is 10.1. The molecule has 6 nitrogen and oxygen atoms in total. The molecule has 0 radical (unpaired) electrons.